The Kier molecular flexibility index (Phi) is 8.34. The number of amides is 3. The minimum absolute atomic E-state index is 0.0633. The topological polar surface area (TPSA) is 70.2 Å². The Bertz CT molecular complexity index is 579. The van der Waals surface area contributed by atoms with E-state index in [2.05, 4.69) is 6.92 Å². The van der Waals surface area contributed by atoms with Gasteiger partial charge in [-0.2, -0.15) is 0 Å². The Morgan fingerprint density at radius 2 is 1.62 bits per heavy atom. The fraction of sp³-hybridized carbons (Fsp3) is 0.864. The average Bonchev–Trinajstić information content (AvgIpc) is 2.65. The normalized spacial score (nSPS) is 21.3. The van der Waals surface area contributed by atoms with Crippen LogP contribution in [0.1, 0.15) is 73.1 Å². The number of ether oxygens (including phenoxy) is 1. The van der Waals surface area contributed by atoms with E-state index < -0.39 is 5.60 Å². The van der Waals surface area contributed by atoms with E-state index in [0.717, 1.165) is 45.2 Å². The highest BCUT2D eigenvalue weighted by molar-refractivity contribution is 5.77. The maximum absolute atomic E-state index is 12.9. The lowest BCUT2D eigenvalue weighted by atomic mass is 9.91. The van der Waals surface area contributed by atoms with Crippen LogP contribution in [0.5, 0.6) is 0 Å². The van der Waals surface area contributed by atoms with Crippen molar-refractivity contribution in [2.45, 2.75) is 84.8 Å². The number of piperazine rings is 1. The molecule has 0 aromatic carbocycles. The van der Waals surface area contributed by atoms with Crippen molar-refractivity contribution >= 4 is 17.9 Å². The number of rotatable bonds is 5. The van der Waals surface area contributed by atoms with Gasteiger partial charge in [0.1, 0.15) is 5.60 Å². The largest absolute Gasteiger partial charge is 0.444 e. The van der Waals surface area contributed by atoms with Gasteiger partial charge in [-0.25, -0.2) is 4.79 Å². The molecule has 0 bridgehead atoms. The molecule has 3 amide bonds. The summed E-state index contributed by atoms with van der Waals surface area (Å²) in [7, 11) is 0. The summed E-state index contributed by atoms with van der Waals surface area (Å²) < 4.78 is 5.51. The van der Waals surface area contributed by atoms with Crippen molar-refractivity contribution in [1.29, 1.82) is 0 Å². The first-order chi connectivity index (χ1) is 13.6. The SMILES string of the molecule is CCCC1CN(C(=O)OC(C)(C)C)CCN1C(=O)CCC1CCN(C(C)=O)CC1. The minimum Gasteiger partial charge on any atom is -0.444 e. The van der Waals surface area contributed by atoms with Crippen molar-refractivity contribution in [3.63, 3.8) is 0 Å². The molecule has 7 nitrogen and oxygen atoms in total. The van der Waals surface area contributed by atoms with Gasteiger partial charge in [-0.05, 0) is 52.4 Å². The standard InChI is InChI=1S/C22H39N3O4/c1-6-7-19-16-24(21(28)29-22(3,4)5)14-15-25(19)20(27)9-8-18-10-12-23(13-11-18)17(2)26/h18-19H,6-16H2,1-5H3. The molecule has 2 aliphatic rings. The zero-order valence-electron chi connectivity index (χ0n) is 18.9. The quantitative estimate of drug-likeness (QED) is 0.699. The van der Waals surface area contributed by atoms with Crippen LogP contribution in [0.15, 0.2) is 0 Å². The average molecular weight is 410 g/mol. The number of nitrogens with zero attached hydrogens (tertiary/aromatic N) is 3. The van der Waals surface area contributed by atoms with Crippen LogP contribution < -0.4 is 0 Å². The van der Waals surface area contributed by atoms with Gasteiger partial charge in [0.15, 0.2) is 0 Å². The molecule has 7 heteroatoms. The predicted octanol–water partition coefficient (Wildman–Crippen LogP) is 3.27. The zero-order valence-corrected chi connectivity index (χ0v) is 18.9. The Morgan fingerprint density at radius 3 is 2.17 bits per heavy atom. The van der Waals surface area contributed by atoms with Gasteiger partial charge in [0.25, 0.3) is 0 Å². The Hall–Kier alpha value is -1.79. The molecular weight excluding hydrogens is 370 g/mol. The highest BCUT2D eigenvalue weighted by Crippen LogP contribution is 2.24. The van der Waals surface area contributed by atoms with Crippen LogP contribution in [0.25, 0.3) is 0 Å². The molecule has 0 aromatic rings. The first kappa shape index (κ1) is 23.5. The van der Waals surface area contributed by atoms with Gasteiger partial charge in [0.2, 0.25) is 11.8 Å². The van der Waals surface area contributed by atoms with E-state index in [9.17, 15) is 14.4 Å². The number of piperidine rings is 1. The molecule has 1 atom stereocenters. The monoisotopic (exact) mass is 409 g/mol. The van der Waals surface area contributed by atoms with Crippen LogP contribution in [-0.2, 0) is 14.3 Å². The lowest BCUT2D eigenvalue weighted by molar-refractivity contribution is -0.137. The van der Waals surface area contributed by atoms with E-state index in [1.54, 1.807) is 11.8 Å². The maximum Gasteiger partial charge on any atom is 0.410 e. The van der Waals surface area contributed by atoms with Crippen LogP contribution in [0.3, 0.4) is 0 Å². The molecule has 0 radical (unpaired) electrons. The molecule has 0 saturated carbocycles. The Morgan fingerprint density at radius 1 is 0.966 bits per heavy atom. The second kappa shape index (κ2) is 10.3. The minimum atomic E-state index is -0.512. The van der Waals surface area contributed by atoms with Crippen LogP contribution in [0, 0.1) is 5.92 Å². The molecule has 0 spiro atoms. The molecule has 166 valence electrons. The van der Waals surface area contributed by atoms with E-state index in [0.29, 0.717) is 32.0 Å². The summed E-state index contributed by atoms with van der Waals surface area (Å²) in [5, 5.41) is 0. The van der Waals surface area contributed by atoms with Gasteiger partial charge in [-0.1, -0.05) is 13.3 Å². The molecule has 2 fully saturated rings. The molecule has 0 N–H and O–H groups in total. The van der Waals surface area contributed by atoms with Crippen molar-refractivity contribution in [2.75, 3.05) is 32.7 Å². The molecule has 1 unspecified atom stereocenters. The second-order valence-corrected chi connectivity index (χ2v) is 9.44. The van der Waals surface area contributed by atoms with E-state index in [-0.39, 0.29) is 23.9 Å². The smallest absolute Gasteiger partial charge is 0.410 e. The second-order valence-electron chi connectivity index (χ2n) is 9.44. The number of hydrogen-bond donors (Lipinski definition) is 0. The molecule has 2 rings (SSSR count). The zero-order chi connectivity index (χ0) is 21.6. The summed E-state index contributed by atoms with van der Waals surface area (Å²) in [6.45, 7) is 12.6. The third-order valence-corrected chi connectivity index (χ3v) is 5.90. The fourth-order valence-corrected chi connectivity index (χ4v) is 4.26. The molecule has 2 heterocycles. The Balaban J connectivity index is 1.85. The lowest BCUT2D eigenvalue weighted by Crippen LogP contribution is -2.57. The van der Waals surface area contributed by atoms with E-state index >= 15 is 0 Å². The summed E-state index contributed by atoms with van der Waals surface area (Å²) in [6.07, 6.45) is 4.98. The fourth-order valence-electron chi connectivity index (χ4n) is 4.26. The third kappa shape index (κ3) is 7.19. The van der Waals surface area contributed by atoms with Gasteiger partial charge in [0.05, 0.1) is 0 Å². The summed E-state index contributed by atoms with van der Waals surface area (Å²) in [5.41, 5.74) is -0.512. The van der Waals surface area contributed by atoms with Crippen LogP contribution in [-0.4, -0.2) is 77.0 Å². The van der Waals surface area contributed by atoms with Gasteiger partial charge >= 0.3 is 6.09 Å². The van der Waals surface area contributed by atoms with Crippen LogP contribution in [0.2, 0.25) is 0 Å². The van der Waals surface area contributed by atoms with Crippen molar-refractivity contribution in [3.8, 4) is 0 Å². The summed E-state index contributed by atoms with van der Waals surface area (Å²) in [4.78, 5) is 42.4. The van der Waals surface area contributed by atoms with Crippen molar-refractivity contribution in [3.05, 3.63) is 0 Å². The highest BCUT2D eigenvalue weighted by atomic mass is 16.6. The van der Waals surface area contributed by atoms with Crippen molar-refractivity contribution in [1.82, 2.24) is 14.7 Å². The number of carbonyl (C=O) groups is 3. The summed E-state index contributed by atoms with van der Waals surface area (Å²) >= 11 is 0. The summed E-state index contributed by atoms with van der Waals surface area (Å²) in [5.74, 6) is 0.855. The van der Waals surface area contributed by atoms with E-state index in [1.165, 1.54) is 0 Å². The molecular formula is C22H39N3O4. The summed E-state index contributed by atoms with van der Waals surface area (Å²) in [6, 6.07) is 0.0633. The highest BCUT2D eigenvalue weighted by Gasteiger charge is 2.34. The molecule has 0 aromatic heterocycles. The molecule has 0 aliphatic carbocycles. The maximum atomic E-state index is 12.9. The van der Waals surface area contributed by atoms with Crippen molar-refractivity contribution in [2.24, 2.45) is 5.92 Å². The molecule has 29 heavy (non-hydrogen) atoms. The predicted molar refractivity (Wildman–Crippen MR) is 112 cm³/mol. The van der Waals surface area contributed by atoms with E-state index in [1.807, 2.05) is 30.6 Å². The molecule has 2 aliphatic heterocycles. The van der Waals surface area contributed by atoms with Gasteiger partial charge < -0.3 is 19.4 Å². The first-order valence-corrected chi connectivity index (χ1v) is 11.1. The van der Waals surface area contributed by atoms with Crippen molar-refractivity contribution < 1.29 is 19.1 Å². The van der Waals surface area contributed by atoms with Gasteiger partial charge in [-0.3, -0.25) is 9.59 Å². The van der Waals surface area contributed by atoms with Gasteiger partial charge in [-0.15, -0.1) is 0 Å². The first-order valence-electron chi connectivity index (χ1n) is 11.1. The van der Waals surface area contributed by atoms with Gasteiger partial charge in [0, 0.05) is 52.1 Å². The number of likely N-dealkylation sites (tertiary alicyclic amines) is 1. The lowest BCUT2D eigenvalue weighted by Gasteiger charge is -2.42. The number of carbonyl (C=O) groups excluding carboxylic acids is 3. The Labute approximate surface area is 175 Å². The van der Waals surface area contributed by atoms with Crippen LogP contribution >= 0.6 is 0 Å². The third-order valence-electron chi connectivity index (χ3n) is 5.90. The molecule has 2 saturated heterocycles. The van der Waals surface area contributed by atoms with E-state index in [4.69, 9.17) is 4.74 Å². The number of hydrogen-bond acceptors (Lipinski definition) is 4. The van der Waals surface area contributed by atoms with Crippen LogP contribution in [0.4, 0.5) is 4.79 Å².